The predicted octanol–water partition coefficient (Wildman–Crippen LogP) is 2.99. The Morgan fingerprint density at radius 3 is 2.42 bits per heavy atom. The summed E-state index contributed by atoms with van der Waals surface area (Å²) in [5.41, 5.74) is 0.808. The number of carbonyl (C=O) groups excluding carboxylic acids is 2. The molecule has 0 saturated carbocycles. The van der Waals surface area contributed by atoms with Gasteiger partial charge in [-0.2, -0.15) is 0 Å². The van der Waals surface area contributed by atoms with Crippen molar-refractivity contribution in [2.24, 2.45) is 11.3 Å². The topological polar surface area (TPSA) is 58.6 Å². The van der Waals surface area contributed by atoms with Crippen molar-refractivity contribution >= 4 is 11.8 Å². The summed E-state index contributed by atoms with van der Waals surface area (Å²) < 4.78 is 5.62. The first-order valence-electron chi connectivity index (χ1n) is 9.56. The molecule has 1 aromatic rings. The molecule has 1 aromatic carbocycles. The van der Waals surface area contributed by atoms with Crippen molar-refractivity contribution in [1.82, 2.24) is 10.2 Å². The fraction of sp³-hybridized carbons (Fsp3) is 0.619. The molecular weight excluding hydrogens is 328 g/mol. The summed E-state index contributed by atoms with van der Waals surface area (Å²) in [6.07, 6.45) is 2.30. The zero-order chi connectivity index (χ0) is 19.0. The molecule has 0 unspecified atom stereocenters. The first-order chi connectivity index (χ1) is 12.4. The number of nitrogens with zero attached hydrogens (tertiary/aromatic N) is 1. The zero-order valence-electron chi connectivity index (χ0n) is 16.3. The minimum absolute atomic E-state index is 0.0178. The Kier molecular flexibility index (Phi) is 7.64. The second kappa shape index (κ2) is 9.72. The Labute approximate surface area is 157 Å². The van der Waals surface area contributed by atoms with E-state index in [-0.39, 0.29) is 23.1 Å². The molecule has 5 nitrogen and oxygen atoms in total. The number of hydrogen-bond donors (Lipinski definition) is 1. The first-order valence-corrected chi connectivity index (χ1v) is 9.56. The molecule has 1 aliphatic rings. The van der Waals surface area contributed by atoms with Crippen LogP contribution in [0.1, 0.15) is 45.6 Å². The van der Waals surface area contributed by atoms with Gasteiger partial charge in [-0.25, -0.2) is 0 Å². The largest absolute Gasteiger partial charge is 0.377 e. The predicted molar refractivity (Wildman–Crippen MR) is 102 cm³/mol. The highest BCUT2D eigenvalue weighted by Gasteiger charge is 2.32. The third-order valence-electron chi connectivity index (χ3n) is 4.67. The van der Waals surface area contributed by atoms with Crippen molar-refractivity contribution in [2.45, 2.75) is 46.6 Å². The van der Waals surface area contributed by atoms with Crippen LogP contribution >= 0.6 is 0 Å². The van der Waals surface area contributed by atoms with Crippen LogP contribution in [0.2, 0.25) is 0 Å². The van der Waals surface area contributed by atoms with Gasteiger partial charge in [0, 0.05) is 37.6 Å². The average Bonchev–Trinajstić information content (AvgIpc) is 2.64. The van der Waals surface area contributed by atoms with Crippen LogP contribution in [-0.2, 0) is 20.9 Å². The van der Waals surface area contributed by atoms with Crippen molar-refractivity contribution in [3.63, 3.8) is 0 Å². The molecule has 2 rings (SSSR count). The lowest BCUT2D eigenvalue weighted by molar-refractivity contribution is -0.142. The second-order valence-corrected chi connectivity index (χ2v) is 8.00. The van der Waals surface area contributed by atoms with E-state index in [0.717, 1.165) is 24.8 Å². The maximum Gasteiger partial charge on any atom is 0.227 e. The van der Waals surface area contributed by atoms with E-state index in [1.807, 2.05) is 56.0 Å². The molecule has 0 bridgehead atoms. The third kappa shape index (κ3) is 6.45. The van der Waals surface area contributed by atoms with Crippen LogP contribution in [-0.4, -0.2) is 43.0 Å². The maximum absolute atomic E-state index is 12.3. The number of ether oxygens (including phenoxy) is 1. The summed E-state index contributed by atoms with van der Waals surface area (Å²) in [5.74, 6) is 0.298. The molecule has 1 saturated heterocycles. The van der Waals surface area contributed by atoms with Gasteiger partial charge in [-0.3, -0.25) is 9.59 Å². The van der Waals surface area contributed by atoms with Gasteiger partial charge in [0.25, 0.3) is 0 Å². The smallest absolute Gasteiger partial charge is 0.227 e. The maximum atomic E-state index is 12.3. The van der Waals surface area contributed by atoms with Crippen LogP contribution in [0.5, 0.6) is 0 Å². The molecule has 0 radical (unpaired) electrons. The van der Waals surface area contributed by atoms with E-state index in [4.69, 9.17) is 4.74 Å². The monoisotopic (exact) mass is 360 g/mol. The molecule has 144 valence electrons. The Hall–Kier alpha value is -1.88. The Bertz CT molecular complexity index is 573. The Morgan fingerprint density at radius 1 is 1.15 bits per heavy atom. The van der Waals surface area contributed by atoms with Gasteiger partial charge in [0.2, 0.25) is 11.8 Å². The molecular formula is C21H32N2O3. The summed E-state index contributed by atoms with van der Waals surface area (Å²) >= 11 is 0. The van der Waals surface area contributed by atoms with Crippen LogP contribution in [0.15, 0.2) is 30.3 Å². The lowest BCUT2D eigenvalue weighted by atomic mass is 9.90. The fourth-order valence-electron chi connectivity index (χ4n) is 3.11. The highest BCUT2D eigenvalue weighted by atomic mass is 16.5. The van der Waals surface area contributed by atoms with Gasteiger partial charge in [0.1, 0.15) is 0 Å². The van der Waals surface area contributed by atoms with E-state index in [0.29, 0.717) is 32.8 Å². The Balaban J connectivity index is 1.57. The van der Waals surface area contributed by atoms with Gasteiger partial charge in [-0.15, -0.1) is 0 Å². The third-order valence-corrected chi connectivity index (χ3v) is 4.67. The number of hydrogen-bond acceptors (Lipinski definition) is 3. The van der Waals surface area contributed by atoms with Crippen LogP contribution in [0.3, 0.4) is 0 Å². The van der Waals surface area contributed by atoms with Crippen LogP contribution in [0, 0.1) is 11.3 Å². The average molecular weight is 360 g/mol. The van der Waals surface area contributed by atoms with Gasteiger partial charge in [-0.05, 0) is 24.8 Å². The van der Waals surface area contributed by atoms with Crippen molar-refractivity contribution in [1.29, 1.82) is 0 Å². The number of amides is 2. The molecule has 1 aliphatic heterocycles. The fourth-order valence-corrected chi connectivity index (χ4v) is 3.11. The normalized spacial score (nSPS) is 15.7. The number of likely N-dealkylation sites (tertiary alicyclic amines) is 1. The number of carbonyl (C=O) groups is 2. The van der Waals surface area contributed by atoms with Crippen molar-refractivity contribution in [3.8, 4) is 0 Å². The van der Waals surface area contributed by atoms with Crippen LogP contribution < -0.4 is 5.32 Å². The van der Waals surface area contributed by atoms with E-state index in [2.05, 4.69) is 5.32 Å². The van der Waals surface area contributed by atoms with Gasteiger partial charge >= 0.3 is 0 Å². The van der Waals surface area contributed by atoms with Gasteiger partial charge in [0.05, 0.1) is 6.61 Å². The molecule has 1 heterocycles. The SMILES string of the molecule is CC(C)(C)C(=O)N1CCC(C(=O)NCCCOCc2ccccc2)CC1. The Morgan fingerprint density at radius 2 is 1.81 bits per heavy atom. The van der Waals surface area contributed by atoms with E-state index in [1.54, 1.807) is 0 Å². The molecule has 1 fully saturated rings. The van der Waals surface area contributed by atoms with Crippen LogP contribution in [0.25, 0.3) is 0 Å². The minimum atomic E-state index is -0.352. The van der Waals surface area contributed by atoms with Crippen molar-refractivity contribution < 1.29 is 14.3 Å². The van der Waals surface area contributed by atoms with Crippen molar-refractivity contribution in [3.05, 3.63) is 35.9 Å². The molecule has 0 spiro atoms. The van der Waals surface area contributed by atoms with Gasteiger partial charge < -0.3 is 15.0 Å². The molecule has 0 aromatic heterocycles. The standard InChI is InChI=1S/C21H32N2O3/c1-21(2,3)20(25)23-13-10-18(11-14-23)19(24)22-12-7-15-26-16-17-8-5-4-6-9-17/h4-6,8-9,18H,7,10-16H2,1-3H3,(H,22,24). The van der Waals surface area contributed by atoms with Crippen LogP contribution in [0.4, 0.5) is 0 Å². The summed E-state index contributed by atoms with van der Waals surface area (Å²) in [5, 5.41) is 3.00. The summed E-state index contributed by atoms with van der Waals surface area (Å²) in [6.45, 7) is 9.04. The van der Waals surface area contributed by atoms with E-state index >= 15 is 0 Å². The zero-order valence-corrected chi connectivity index (χ0v) is 16.3. The lowest BCUT2D eigenvalue weighted by Crippen LogP contribution is -2.46. The van der Waals surface area contributed by atoms with E-state index in [9.17, 15) is 9.59 Å². The summed E-state index contributed by atoms with van der Waals surface area (Å²) in [6, 6.07) is 10.1. The molecule has 2 amide bonds. The molecule has 26 heavy (non-hydrogen) atoms. The van der Waals surface area contributed by atoms with E-state index in [1.165, 1.54) is 0 Å². The molecule has 0 aliphatic carbocycles. The van der Waals surface area contributed by atoms with Gasteiger partial charge in [-0.1, -0.05) is 51.1 Å². The highest BCUT2D eigenvalue weighted by molar-refractivity contribution is 5.82. The highest BCUT2D eigenvalue weighted by Crippen LogP contribution is 2.23. The second-order valence-electron chi connectivity index (χ2n) is 8.00. The van der Waals surface area contributed by atoms with Gasteiger partial charge in [0.15, 0.2) is 0 Å². The number of benzene rings is 1. The van der Waals surface area contributed by atoms with Crippen molar-refractivity contribution in [2.75, 3.05) is 26.2 Å². The minimum Gasteiger partial charge on any atom is -0.377 e. The molecule has 0 atom stereocenters. The summed E-state index contributed by atoms with van der Waals surface area (Å²) in [7, 11) is 0. The lowest BCUT2D eigenvalue weighted by Gasteiger charge is -2.35. The molecule has 5 heteroatoms. The number of rotatable bonds is 7. The first kappa shape index (κ1) is 20.4. The molecule has 1 N–H and O–H groups in total. The quantitative estimate of drug-likeness (QED) is 0.761. The number of piperidine rings is 1. The number of nitrogens with one attached hydrogen (secondary N) is 1. The van der Waals surface area contributed by atoms with E-state index < -0.39 is 0 Å². The summed E-state index contributed by atoms with van der Waals surface area (Å²) in [4.78, 5) is 26.4.